The van der Waals surface area contributed by atoms with Gasteiger partial charge in [0.2, 0.25) is 0 Å². The van der Waals surface area contributed by atoms with Crippen LogP contribution in [0.15, 0.2) is 35.7 Å². The number of hydrogen-bond donors (Lipinski definition) is 1. The van der Waals surface area contributed by atoms with Crippen molar-refractivity contribution >= 4 is 11.3 Å². The summed E-state index contributed by atoms with van der Waals surface area (Å²) in [6, 6.07) is 9.74. The molecule has 1 unspecified atom stereocenters. The summed E-state index contributed by atoms with van der Waals surface area (Å²) >= 11 is 1.61. The van der Waals surface area contributed by atoms with Gasteiger partial charge in [-0.1, -0.05) is 12.1 Å². The summed E-state index contributed by atoms with van der Waals surface area (Å²) in [6.45, 7) is 2.63. The zero-order chi connectivity index (χ0) is 13.0. The first-order chi connectivity index (χ1) is 8.74. The number of ether oxygens (including phenoxy) is 2. The van der Waals surface area contributed by atoms with Gasteiger partial charge in [0.05, 0.1) is 19.8 Å². The maximum atomic E-state index is 6.25. The van der Waals surface area contributed by atoms with Crippen LogP contribution in [0.25, 0.3) is 0 Å². The summed E-state index contributed by atoms with van der Waals surface area (Å²) < 4.78 is 10.7. The van der Waals surface area contributed by atoms with E-state index in [2.05, 4.69) is 0 Å². The highest BCUT2D eigenvalue weighted by atomic mass is 32.1. The molecule has 4 heteroatoms. The lowest BCUT2D eigenvalue weighted by Crippen LogP contribution is -2.10. The third kappa shape index (κ3) is 2.83. The predicted octanol–water partition coefficient (Wildman–Crippen LogP) is 3.20. The molecule has 0 bridgehead atoms. The molecule has 0 amide bonds. The van der Waals surface area contributed by atoms with E-state index in [0.717, 1.165) is 21.9 Å². The molecule has 0 aliphatic carbocycles. The van der Waals surface area contributed by atoms with Crippen molar-refractivity contribution in [3.8, 4) is 11.5 Å². The van der Waals surface area contributed by atoms with E-state index < -0.39 is 0 Å². The molecule has 0 spiro atoms. The van der Waals surface area contributed by atoms with E-state index in [-0.39, 0.29) is 6.04 Å². The van der Waals surface area contributed by atoms with Crippen LogP contribution in [0.5, 0.6) is 11.5 Å². The first-order valence-electron chi connectivity index (χ1n) is 5.85. The summed E-state index contributed by atoms with van der Waals surface area (Å²) in [7, 11) is 1.66. The normalized spacial score (nSPS) is 12.2. The maximum Gasteiger partial charge on any atom is 0.129 e. The number of methoxy groups -OCH3 is 1. The van der Waals surface area contributed by atoms with Gasteiger partial charge in [0.15, 0.2) is 0 Å². The Kier molecular flexibility index (Phi) is 4.23. The Hall–Kier alpha value is -1.52. The molecule has 2 N–H and O–H groups in total. The van der Waals surface area contributed by atoms with Gasteiger partial charge in [0.1, 0.15) is 11.5 Å². The van der Waals surface area contributed by atoms with Crippen LogP contribution in [0.3, 0.4) is 0 Å². The molecule has 18 heavy (non-hydrogen) atoms. The van der Waals surface area contributed by atoms with Crippen molar-refractivity contribution in [3.63, 3.8) is 0 Å². The first kappa shape index (κ1) is 12.9. The Labute approximate surface area is 111 Å². The standard InChI is InChI=1S/C14H17NO2S/c1-3-17-11-6-4-5-10(7-11)14(15)13-8-12(16-2)9-18-13/h4-9,14H,3,15H2,1-2H3. The molecule has 0 aliphatic heterocycles. The van der Waals surface area contributed by atoms with E-state index in [1.54, 1.807) is 18.4 Å². The van der Waals surface area contributed by atoms with Crippen molar-refractivity contribution in [2.24, 2.45) is 5.73 Å². The van der Waals surface area contributed by atoms with Crippen molar-refractivity contribution in [2.45, 2.75) is 13.0 Å². The zero-order valence-electron chi connectivity index (χ0n) is 10.6. The molecule has 0 saturated heterocycles. The Morgan fingerprint density at radius 3 is 2.78 bits per heavy atom. The van der Waals surface area contributed by atoms with Gasteiger partial charge in [-0.05, 0) is 30.7 Å². The molecule has 1 atom stereocenters. The second-order valence-electron chi connectivity index (χ2n) is 3.87. The molecular weight excluding hydrogens is 246 g/mol. The van der Waals surface area contributed by atoms with Gasteiger partial charge in [-0.15, -0.1) is 11.3 Å². The Balaban J connectivity index is 2.21. The Morgan fingerprint density at radius 2 is 2.11 bits per heavy atom. The van der Waals surface area contributed by atoms with E-state index in [1.165, 1.54) is 0 Å². The third-order valence-electron chi connectivity index (χ3n) is 2.67. The van der Waals surface area contributed by atoms with Crippen LogP contribution in [0.4, 0.5) is 0 Å². The average molecular weight is 263 g/mol. The lowest BCUT2D eigenvalue weighted by Gasteiger charge is -2.11. The van der Waals surface area contributed by atoms with E-state index in [4.69, 9.17) is 15.2 Å². The number of nitrogens with two attached hydrogens (primary N) is 1. The summed E-state index contributed by atoms with van der Waals surface area (Å²) in [4.78, 5) is 1.08. The number of rotatable bonds is 5. The predicted molar refractivity (Wildman–Crippen MR) is 74.5 cm³/mol. The van der Waals surface area contributed by atoms with Crippen LogP contribution in [0.2, 0.25) is 0 Å². The van der Waals surface area contributed by atoms with E-state index in [0.29, 0.717) is 6.61 Å². The second kappa shape index (κ2) is 5.89. The van der Waals surface area contributed by atoms with Crippen molar-refractivity contribution in [1.29, 1.82) is 0 Å². The minimum absolute atomic E-state index is 0.140. The second-order valence-corrected chi connectivity index (χ2v) is 4.81. The monoisotopic (exact) mass is 263 g/mol. The van der Waals surface area contributed by atoms with Crippen molar-refractivity contribution < 1.29 is 9.47 Å². The van der Waals surface area contributed by atoms with Crippen molar-refractivity contribution in [1.82, 2.24) is 0 Å². The Bertz CT molecular complexity index is 510. The lowest BCUT2D eigenvalue weighted by molar-refractivity contribution is 0.340. The molecule has 0 fully saturated rings. The smallest absolute Gasteiger partial charge is 0.129 e. The molecule has 1 heterocycles. The largest absolute Gasteiger partial charge is 0.496 e. The van der Waals surface area contributed by atoms with Gasteiger partial charge < -0.3 is 15.2 Å². The third-order valence-corrected chi connectivity index (χ3v) is 3.66. The first-order valence-corrected chi connectivity index (χ1v) is 6.73. The molecule has 3 nitrogen and oxygen atoms in total. The molecule has 2 aromatic rings. The Morgan fingerprint density at radius 1 is 1.28 bits per heavy atom. The molecule has 0 saturated carbocycles. The number of thiophene rings is 1. The maximum absolute atomic E-state index is 6.25. The van der Waals surface area contributed by atoms with Crippen LogP contribution in [0, 0.1) is 0 Å². The molecule has 96 valence electrons. The molecule has 0 aliphatic rings. The molecule has 1 aromatic carbocycles. The van der Waals surface area contributed by atoms with Crippen molar-refractivity contribution in [2.75, 3.05) is 13.7 Å². The van der Waals surface area contributed by atoms with Crippen LogP contribution in [-0.2, 0) is 0 Å². The van der Waals surface area contributed by atoms with Crippen LogP contribution in [0.1, 0.15) is 23.4 Å². The zero-order valence-corrected chi connectivity index (χ0v) is 11.4. The topological polar surface area (TPSA) is 44.5 Å². The highest BCUT2D eigenvalue weighted by Crippen LogP contribution is 2.30. The molecule has 2 rings (SSSR count). The summed E-state index contributed by atoms with van der Waals surface area (Å²) in [6.07, 6.45) is 0. The minimum atomic E-state index is -0.140. The SMILES string of the molecule is CCOc1cccc(C(N)c2cc(OC)cs2)c1. The molecule has 1 aromatic heterocycles. The van der Waals surface area contributed by atoms with E-state index in [1.807, 2.05) is 42.6 Å². The van der Waals surface area contributed by atoms with Gasteiger partial charge in [0, 0.05) is 10.3 Å². The lowest BCUT2D eigenvalue weighted by atomic mass is 10.1. The summed E-state index contributed by atoms with van der Waals surface area (Å²) in [5.74, 6) is 1.71. The molecule has 0 radical (unpaired) electrons. The molecular formula is C14H17NO2S. The fourth-order valence-electron chi connectivity index (χ4n) is 1.73. The average Bonchev–Trinajstić information content (AvgIpc) is 2.87. The fourth-order valence-corrected chi connectivity index (χ4v) is 2.62. The van der Waals surface area contributed by atoms with Crippen LogP contribution >= 0.6 is 11.3 Å². The van der Waals surface area contributed by atoms with Gasteiger partial charge in [-0.3, -0.25) is 0 Å². The van der Waals surface area contributed by atoms with Gasteiger partial charge in [0.25, 0.3) is 0 Å². The summed E-state index contributed by atoms with van der Waals surface area (Å²) in [5, 5.41) is 1.96. The number of hydrogen-bond acceptors (Lipinski definition) is 4. The van der Waals surface area contributed by atoms with Crippen molar-refractivity contribution in [3.05, 3.63) is 46.2 Å². The highest BCUT2D eigenvalue weighted by Gasteiger charge is 2.12. The van der Waals surface area contributed by atoms with Crippen LogP contribution in [-0.4, -0.2) is 13.7 Å². The van der Waals surface area contributed by atoms with Gasteiger partial charge >= 0.3 is 0 Å². The van der Waals surface area contributed by atoms with Gasteiger partial charge in [-0.2, -0.15) is 0 Å². The number of benzene rings is 1. The fraction of sp³-hybridized carbons (Fsp3) is 0.286. The summed E-state index contributed by atoms with van der Waals surface area (Å²) in [5.41, 5.74) is 7.30. The van der Waals surface area contributed by atoms with Gasteiger partial charge in [-0.25, -0.2) is 0 Å². The minimum Gasteiger partial charge on any atom is -0.496 e. The highest BCUT2D eigenvalue weighted by molar-refractivity contribution is 7.10. The van der Waals surface area contributed by atoms with E-state index >= 15 is 0 Å². The quantitative estimate of drug-likeness (QED) is 0.901. The van der Waals surface area contributed by atoms with Crippen LogP contribution < -0.4 is 15.2 Å². The van der Waals surface area contributed by atoms with E-state index in [9.17, 15) is 0 Å².